The van der Waals surface area contributed by atoms with Crippen molar-refractivity contribution in [1.29, 1.82) is 0 Å². The first-order valence-corrected chi connectivity index (χ1v) is 6.35. The zero-order valence-corrected chi connectivity index (χ0v) is 11.2. The van der Waals surface area contributed by atoms with Crippen LogP contribution in [0.3, 0.4) is 0 Å². The Labute approximate surface area is 108 Å². The van der Waals surface area contributed by atoms with Crippen LogP contribution in [0.25, 0.3) is 0 Å². The quantitative estimate of drug-likeness (QED) is 0.859. The van der Waals surface area contributed by atoms with Crippen molar-refractivity contribution in [2.45, 2.75) is 32.5 Å². The first-order valence-electron chi connectivity index (χ1n) is 6.35. The van der Waals surface area contributed by atoms with Gasteiger partial charge in [-0.15, -0.1) is 0 Å². The predicted molar refractivity (Wildman–Crippen MR) is 71.0 cm³/mol. The van der Waals surface area contributed by atoms with Crippen LogP contribution in [0.5, 0.6) is 0 Å². The summed E-state index contributed by atoms with van der Waals surface area (Å²) in [6, 6.07) is 2.41. The molecular weight excluding hydrogens is 231 g/mol. The van der Waals surface area contributed by atoms with Crippen molar-refractivity contribution in [2.75, 3.05) is 25.0 Å². The van der Waals surface area contributed by atoms with Crippen LogP contribution in [0.2, 0.25) is 0 Å². The topological polar surface area (TPSA) is 45.4 Å². The summed E-state index contributed by atoms with van der Waals surface area (Å²) in [6.45, 7) is 6.08. The maximum Gasteiger partial charge on any atom is 0.170 e. The molecule has 4 nitrogen and oxygen atoms in total. The van der Waals surface area contributed by atoms with Gasteiger partial charge >= 0.3 is 0 Å². The van der Waals surface area contributed by atoms with Crippen LogP contribution in [0.1, 0.15) is 19.4 Å². The summed E-state index contributed by atoms with van der Waals surface area (Å²) in [7, 11) is 2.10. The summed E-state index contributed by atoms with van der Waals surface area (Å²) in [5.41, 5.74) is 6.06. The molecule has 2 heterocycles. The minimum Gasteiger partial charge on any atom is -0.351 e. The SMILES string of the molecule is CC1CN(c2nccc(CN)c2F)CC(C)N1C. The van der Waals surface area contributed by atoms with E-state index < -0.39 is 0 Å². The molecule has 2 rings (SSSR count). The zero-order chi connectivity index (χ0) is 13.3. The molecule has 1 aliphatic rings. The molecule has 0 saturated carbocycles. The highest BCUT2D eigenvalue weighted by Gasteiger charge is 2.28. The molecule has 2 atom stereocenters. The number of rotatable bonds is 2. The molecule has 2 unspecified atom stereocenters. The third-order valence-corrected chi connectivity index (χ3v) is 3.83. The monoisotopic (exact) mass is 252 g/mol. The molecule has 2 N–H and O–H groups in total. The van der Waals surface area contributed by atoms with Crippen LogP contribution in [0.15, 0.2) is 12.3 Å². The van der Waals surface area contributed by atoms with Gasteiger partial charge in [0.1, 0.15) is 0 Å². The van der Waals surface area contributed by atoms with E-state index in [0.29, 0.717) is 23.5 Å². The fourth-order valence-electron chi connectivity index (χ4n) is 2.43. The number of nitrogens with zero attached hydrogens (tertiary/aromatic N) is 3. The van der Waals surface area contributed by atoms with Crippen molar-refractivity contribution in [3.63, 3.8) is 0 Å². The zero-order valence-electron chi connectivity index (χ0n) is 11.2. The van der Waals surface area contributed by atoms with Crippen molar-refractivity contribution in [1.82, 2.24) is 9.88 Å². The lowest BCUT2D eigenvalue weighted by Gasteiger charge is -2.43. The van der Waals surface area contributed by atoms with Gasteiger partial charge in [-0.1, -0.05) is 0 Å². The fraction of sp³-hybridized carbons (Fsp3) is 0.615. The largest absolute Gasteiger partial charge is 0.351 e. The number of hydrogen-bond donors (Lipinski definition) is 1. The molecule has 1 saturated heterocycles. The molecule has 100 valence electrons. The van der Waals surface area contributed by atoms with Crippen LogP contribution >= 0.6 is 0 Å². The van der Waals surface area contributed by atoms with E-state index >= 15 is 0 Å². The highest BCUT2D eigenvalue weighted by atomic mass is 19.1. The second kappa shape index (κ2) is 5.20. The molecule has 1 fully saturated rings. The highest BCUT2D eigenvalue weighted by molar-refractivity contribution is 5.44. The summed E-state index contributed by atoms with van der Waals surface area (Å²) in [4.78, 5) is 8.51. The Morgan fingerprint density at radius 2 is 2.00 bits per heavy atom. The van der Waals surface area contributed by atoms with E-state index in [0.717, 1.165) is 13.1 Å². The minimum absolute atomic E-state index is 0.209. The molecule has 0 aromatic carbocycles. The van der Waals surface area contributed by atoms with Gasteiger partial charge in [0.25, 0.3) is 0 Å². The summed E-state index contributed by atoms with van der Waals surface area (Å²) in [6.07, 6.45) is 1.63. The lowest BCUT2D eigenvalue weighted by molar-refractivity contribution is 0.169. The van der Waals surface area contributed by atoms with E-state index in [2.05, 4.69) is 30.8 Å². The molecule has 0 spiro atoms. The van der Waals surface area contributed by atoms with Gasteiger partial charge in [-0.3, -0.25) is 4.90 Å². The molecule has 1 aromatic heterocycles. The van der Waals surface area contributed by atoms with E-state index in [1.165, 1.54) is 0 Å². The summed E-state index contributed by atoms with van der Waals surface area (Å²) < 4.78 is 14.2. The van der Waals surface area contributed by atoms with Gasteiger partial charge in [0.15, 0.2) is 11.6 Å². The summed E-state index contributed by atoms with van der Waals surface area (Å²) >= 11 is 0. The first-order chi connectivity index (χ1) is 8.54. The Kier molecular flexibility index (Phi) is 3.82. The smallest absolute Gasteiger partial charge is 0.170 e. The first kappa shape index (κ1) is 13.2. The standard InChI is InChI=1S/C13H21FN4/c1-9-7-18(8-10(2)17(9)3)13-12(14)11(6-15)4-5-16-13/h4-5,9-10H,6-8,15H2,1-3H3. The Morgan fingerprint density at radius 1 is 1.39 bits per heavy atom. The molecule has 0 radical (unpaired) electrons. The lowest BCUT2D eigenvalue weighted by Crippen LogP contribution is -2.55. The van der Waals surface area contributed by atoms with Crippen LogP contribution in [-0.4, -0.2) is 42.1 Å². The number of aromatic nitrogens is 1. The van der Waals surface area contributed by atoms with Crippen molar-refractivity contribution in [3.05, 3.63) is 23.6 Å². The van der Waals surface area contributed by atoms with Gasteiger partial charge < -0.3 is 10.6 Å². The van der Waals surface area contributed by atoms with E-state index in [-0.39, 0.29) is 12.4 Å². The molecule has 5 heteroatoms. The third kappa shape index (κ3) is 2.33. The predicted octanol–water partition coefficient (Wildman–Crippen LogP) is 1.21. The molecular formula is C13H21FN4. The van der Waals surface area contributed by atoms with Gasteiger partial charge in [0, 0.05) is 43.5 Å². The van der Waals surface area contributed by atoms with Crippen LogP contribution in [0, 0.1) is 5.82 Å². The molecule has 18 heavy (non-hydrogen) atoms. The molecule has 1 aromatic rings. The Morgan fingerprint density at radius 3 is 2.56 bits per heavy atom. The van der Waals surface area contributed by atoms with Crippen LogP contribution < -0.4 is 10.6 Å². The fourth-order valence-corrected chi connectivity index (χ4v) is 2.43. The highest BCUT2D eigenvalue weighted by Crippen LogP contribution is 2.23. The van der Waals surface area contributed by atoms with Gasteiger partial charge in [0.05, 0.1) is 0 Å². The van der Waals surface area contributed by atoms with E-state index in [9.17, 15) is 4.39 Å². The van der Waals surface area contributed by atoms with Crippen molar-refractivity contribution in [3.8, 4) is 0 Å². The maximum absolute atomic E-state index is 14.2. The summed E-state index contributed by atoms with van der Waals surface area (Å²) in [5, 5.41) is 0. The van der Waals surface area contributed by atoms with Crippen LogP contribution in [-0.2, 0) is 6.54 Å². The van der Waals surface area contributed by atoms with E-state index in [1.807, 2.05) is 4.90 Å². The lowest BCUT2D eigenvalue weighted by atomic mass is 10.1. The number of nitrogens with two attached hydrogens (primary N) is 1. The van der Waals surface area contributed by atoms with Gasteiger partial charge in [-0.2, -0.15) is 0 Å². The maximum atomic E-state index is 14.2. The third-order valence-electron chi connectivity index (χ3n) is 3.83. The number of pyridine rings is 1. The molecule has 1 aliphatic heterocycles. The van der Waals surface area contributed by atoms with E-state index in [4.69, 9.17) is 5.73 Å². The minimum atomic E-state index is -0.274. The summed E-state index contributed by atoms with van der Waals surface area (Å²) in [5.74, 6) is 0.161. The molecule has 0 aliphatic carbocycles. The Hall–Kier alpha value is -1.20. The Bertz CT molecular complexity index is 411. The van der Waals surface area contributed by atoms with Crippen LogP contribution in [0.4, 0.5) is 10.2 Å². The van der Waals surface area contributed by atoms with Crippen molar-refractivity contribution in [2.24, 2.45) is 5.73 Å². The van der Waals surface area contributed by atoms with Gasteiger partial charge in [-0.25, -0.2) is 9.37 Å². The van der Waals surface area contributed by atoms with E-state index in [1.54, 1.807) is 12.3 Å². The number of hydrogen-bond acceptors (Lipinski definition) is 4. The molecule has 0 bridgehead atoms. The number of piperazine rings is 1. The number of halogens is 1. The number of anilines is 1. The number of likely N-dealkylation sites (N-methyl/N-ethyl adjacent to an activating group) is 1. The molecule has 0 amide bonds. The average molecular weight is 252 g/mol. The second-order valence-electron chi connectivity index (χ2n) is 5.08. The second-order valence-corrected chi connectivity index (χ2v) is 5.08. The average Bonchev–Trinajstić information content (AvgIpc) is 2.35. The van der Waals surface area contributed by atoms with Crippen molar-refractivity contribution >= 4 is 5.82 Å². The Balaban J connectivity index is 2.27. The normalized spacial score (nSPS) is 25.5. The van der Waals surface area contributed by atoms with Gasteiger partial charge in [-0.05, 0) is 27.0 Å². The van der Waals surface area contributed by atoms with Crippen molar-refractivity contribution < 1.29 is 4.39 Å². The van der Waals surface area contributed by atoms with Gasteiger partial charge in [0.2, 0.25) is 0 Å².